The van der Waals surface area contributed by atoms with Gasteiger partial charge in [0.2, 0.25) is 5.91 Å². The lowest BCUT2D eigenvalue weighted by Crippen LogP contribution is -2.47. The van der Waals surface area contributed by atoms with E-state index in [0.717, 1.165) is 57.7 Å². The first-order chi connectivity index (χ1) is 14.7. The van der Waals surface area contributed by atoms with Crippen LogP contribution in [-0.4, -0.2) is 55.0 Å². The van der Waals surface area contributed by atoms with E-state index >= 15 is 0 Å². The minimum absolute atomic E-state index is 0.159. The van der Waals surface area contributed by atoms with Gasteiger partial charge in [-0.3, -0.25) is 4.79 Å². The average molecular weight is 408 g/mol. The van der Waals surface area contributed by atoms with E-state index in [9.17, 15) is 4.79 Å². The Morgan fingerprint density at radius 3 is 1.87 bits per heavy atom. The third kappa shape index (κ3) is 4.70. The van der Waals surface area contributed by atoms with Gasteiger partial charge >= 0.3 is 0 Å². The van der Waals surface area contributed by atoms with Gasteiger partial charge in [0.15, 0.2) is 0 Å². The number of hydrogen-bond donors (Lipinski definition) is 1. The van der Waals surface area contributed by atoms with Crippen molar-refractivity contribution in [1.29, 1.82) is 0 Å². The molecule has 0 aromatic heterocycles. The molecular weight excluding hydrogens is 370 g/mol. The fourth-order valence-corrected chi connectivity index (χ4v) is 5.48. The van der Waals surface area contributed by atoms with E-state index in [1.54, 1.807) is 0 Å². The summed E-state index contributed by atoms with van der Waals surface area (Å²) in [5.74, 6) is -0.159. The topological polar surface area (TPSA) is 49.6 Å². The second kappa shape index (κ2) is 9.93. The molecule has 30 heavy (non-hydrogen) atoms. The average Bonchev–Trinajstić information content (AvgIpc) is 2.80. The van der Waals surface area contributed by atoms with Gasteiger partial charge in [0.1, 0.15) is 0 Å². The SMILES string of the molecule is NC(=O)C(CCN1CCCCC1)(CCN1CCCCC1)c1cccc2ccccc12. The lowest BCUT2D eigenvalue weighted by atomic mass is 9.72. The lowest BCUT2D eigenvalue weighted by molar-refractivity contribution is -0.124. The first kappa shape index (κ1) is 21.3. The third-order valence-electron chi connectivity index (χ3n) is 7.38. The summed E-state index contributed by atoms with van der Waals surface area (Å²) >= 11 is 0. The van der Waals surface area contributed by atoms with Gasteiger partial charge in [0.25, 0.3) is 0 Å². The van der Waals surface area contributed by atoms with E-state index in [-0.39, 0.29) is 5.91 Å². The Hall–Kier alpha value is -1.91. The van der Waals surface area contributed by atoms with E-state index in [1.807, 2.05) is 0 Å². The van der Waals surface area contributed by atoms with Crippen LogP contribution < -0.4 is 5.73 Å². The molecule has 0 aliphatic carbocycles. The van der Waals surface area contributed by atoms with Crippen molar-refractivity contribution >= 4 is 16.7 Å². The van der Waals surface area contributed by atoms with Crippen LogP contribution in [0.25, 0.3) is 10.8 Å². The normalized spacial score (nSPS) is 19.2. The number of nitrogens with two attached hydrogens (primary N) is 1. The van der Waals surface area contributed by atoms with Gasteiger partial charge < -0.3 is 15.5 Å². The zero-order valence-corrected chi connectivity index (χ0v) is 18.3. The Labute approximate surface area is 181 Å². The number of hydrogen-bond acceptors (Lipinski definition) is 3. The summed E-state index contributed by atoms with van der Waals surface area (Å²) in [6.07, 6.45) is 9.36. The molecule has 0 bridgehead atoms. The van der Waals surface area contributed by atoms with E-state index in [1.165, 1.54) is 49.3 Å². The number of piperidine rings is 2. The summed E-state index contributed by atoms with van der Waals surface area (Å²) in [7, 11) is 0. The molecule has 2 saturated heterocycles. The summed E-state index contributed by atoms with van der Waals surface area (Å²) in [6.45, 7) is 6.50. The van der Waals surface area contributed by atoms with Gasteiger partial charge in [0.05, 0.1) is 5.41 Å². The molecule has 2 aliphatic rings. The number of rotatable bonds is 8. The first-order valence-corrected chi connectivity index (χ1v) is 11.9. The number of likely N-dealkylation sites (tertiary alicyclic amines) is 2. The van der Waals surface area contributed by atoms with Crippen molar-refractivity contribution in [1.82, 2.24) is 9.80 Å². The zero-order valence-electron chi connectivity index (χ0n) is 18.3. The molecule has 2 N–H and O–H groups in total. The highest BCUT2D eigenvalue weighted by Gasteiger charge is 2.40. The van der Waals surface area contributed by atoms with Gasteiger partial charge in [0, 0.05) is 0 Å². The predicted octanol–water partition coefficient (Wildman–Crippen LogP) is 4.31. The van der Waals surface area contributed by atoms with Crippen LogP contribution in [-0.2, 0) is 10.2 Å². The maximum atomic E-state index is 13.2. The van der Waals surface area contributed by atoms with Crippen LogP contribution in [0, 0.1) is 0 Å². The van der Waals surface area contributed by atoms with Gasteiger partial charge in [-0.05, 0) is 94.1 Å². The molecule has 2 aromatic rings. The van der Waals surface area contributed by atoms with E-state index in [4.69, 9.17) is 5.73 Å². The van der Waals surface area contributed by atoms with Gasteiger partial charge in [-0.15, -0.1) is 0 Å². The maximum Gasteiger partial charge on any atom is 0.228 e. The Morgan fingerprint density at radius 2 is 1.30 bits per heavy atom. The number of nitrogens with zero attached hydrogens (tertiary/aromatic N) is 2. The molecular formula is C26H37N3O. The Morgan fingerprint density at radius 1 is 0.767 bits per heavy atom. The van der Waals surface area contributed by atoms with Gasteiger partial charge in [-0.25, -0.2) is 0 Å². The summed E-state index contributed by atoms with van der Waals surface area (Å²) < 4.78 is 0. The molecule has 4 nitrogen and oxygen atoms in total. The molecule has 0 spiro atoms. The van der Waals surface area contributed by atoms with Crippen LogP contribution >= 0.6 is 0 Å². The van der Waals surface area contributed by atoms with Gasteiger partial charge in [-0.2, -0.15) is 0 Å². The number of primary amides is 1. The van der Waals surface area contributed by atoms with Gasteiger partial charge in [-0.1, -0.05) is 55.3 Å². The monoisotopic (exact) mass is 407 g/mol. The van der Waals surface area contributed by atoms with Crippen molar-refractivity contribution in [2.24, 2.45) is 5.73 Å². The molecule has 2 aliphatic heterocycles. The van der Waals surface area contributed by atoms with E-state index in [2.05, 4.69) is 52.3 Å². The lowest BCUT2D eigenvalue weighted by Gasteiger charge is -2.37. The largest absolute Gasteiger partial charge is 0.369 e. The highest BCUT2D eigenvalue weighted by Crippen LogP contribution is 2.37. The summed E-state index contributed by atoms with van der Waals surface area (Å²) in [5, 5.41) is 2.37. The van der Waals surface area contributed by atoms with Crippen molar-refractivity contribution in [2.75, 3.05) is 39.3 Å². The Kier molecular flexibility index (Phi) is 7.06. The zero-order chi connectivity index (χ0) is 20.8. The standard InChI is InChI=1S/C26H37N3O/c27-25(30)26(14-20-28-16-5-1-6-17-28,15-21-29-18-7-2-8-19-29)24-13-9-11-22-10-3-4-12-23(22)24/h3-4,9-13H,1-2,5-8,14-21H2,(H2,27,30). The van der Waals surface area contributed by atoms with Crippen LogP contribution in [0.5, 0.6) is 0 Å². The molecule has 4 rings (SSSR count). The summed E-state index contributed by atoms with van der Waals surface area (Å²) in [5.41, 5.74) is 6.76. The Bertz CT molecular complexity index is 810. The van der Waals surface area contributed by atoms with Crippen LogP contribution in [0.15, 0.2) is 42.5 Å². The summed E-state index contributed by atoms with van der Waals surface area (Å²) in [6, 6.07) is 14.8. The van der Waals surface area contributed by atoms with Crippen molar-refractivity contribution in [3.63, 3.8) is 0 Å². The molecule has 4 heteroatoms. The number of carbonyl (C=O) groups excluding carboxylic acids is 1. The number of carbonyl (C=O) groups is 1. The highest BCUT2D eigenvalue weighted by molar-refractivity contribution is 5.95. The smallest absolute Gasteiger partial charge is 0.228 e. The van der Waals surface area contributed by atoms with E-state index in [0.29, 0.717) is 0 Å². The molecule has 162 valence electrons. The Balaban J connectivity index is 1.66. The van der Waals surface area contributed by atoms with Crippen LogP contribution in [0.2, 0.25) is 0 Å². The van der Waals surface area contributed by atoms with Crippen molar-refractivity contribution < 1.29 is 4.79 Å². The fourth-order valence-electron chi connectivity index (χ4n) is 5.48. The third-order valence-corrected chi connectivity index (χ3v) is 7.38. The molecule has 2 aromatic carbocycles. The molecule has 2 heterocycles. The van der Waals surface area contributed by atoms with Crippen molar-refractivity contribution in [2.45, 2.75) is 56.8 Å². The molecule has 1 amide bonds. The van der Waals surface area contributed by atoms with E-state index < -0.39 is 5.41 Å². The highest BCUT2D eigenvalue weighted by atomic mass is 16.1. The molecule has 0 radical (unpaired) electrons. The van der Waals surface area contributed by atoms with Crippen molar-refractivity contribution in [3.05, 3.63) is 48.0 Å². The quantitative estimate of drug-likeness (QED) is 0.709. The minimum Gasteiger partial charge on any atom is -0.369 e. The number of amides is 1. The molecule has 2 fully saturated rings. The second-order valence-electron chi connectivity index (χ2n) is 9.28. The number of fused-ring (bicyclic) bond motifs is 1. The molecule has 0 saturated carbocycles. The minimum atomic E-state index is -0.615. The number of benzene rings is 2. The van der Waals surface area contributed by atoms with Crippen LogP contribution in [0.1, 0.15) is 56.9 Å². The predicted molar refractivity (Wildman–Crippen MR) is 125 cm³/mol. The van der Waals surface area contributed by atoms with Crippen LogP contribution in [0.3, 0.4) is 0 Å². The van der Waals surface area contributed by atoms with Crippen molar-refractivity contribution in [3.8, 4) is 0 Å². The fraction of sp³-hybridized carbons (Fsp3) is 0.577. The molecule has 0 unspecified atom stereocenters. The first-order valence-electron chi connectivity index (χ1n) is 11.9. The second-order valence-corrected chi connectivity index (χ2v) is 9.28. The van der Waals surface area contributed by atoms with Crippen LogP contribution in [0.4, 0.5) is 0 Å². The summed E-state index contributed by atoms with van der Waals surface area (Å²) in [4.78, 5) is 18.3. The molecule has 0 atom stereocenters. The maximum absolute atomic E-state index is 13.2.